The molecule has 3 aromatic carbocycles. The van der Waals surface area contributed by atoms with Gasteiger partial charge in [-0.2, -0.15) is 0 Å². The number of thiazole rings is 1. The standard InChI is InChI=1S/C30H27N5O3S2/c1-3-23-24(4-2)32-26-17-21(10-12-25(26)31-23)29(36)34-30-33-27(18-39-30)19-11-13-28-20(16-19)14-15-35(28)40(37,38)22-8-6-5-7-9-22/h5-13,16-18H,3-4,14-15H2,1-2H3,(H,33,34,36). The Hall–Kier alpha value is -4.15. The van der Waals surface area contributed by atoms with Crippen molar-refractivity contribution in [3.8, 4) is 11.3 Å². The van der Waals surface area contributed by atoms with Gasteiger partial charge in [0.1, 0.15) is 0 Å². The molecule has 2 aromatic heterocycles. The van der Waals surface area contributed by atoms with E-state index in [1.165, 1.54) is 15.6 Å². The molecule has 40 heavy (non-hydrogen) atoms. The quantitative estimate of drug-likeness (QED) is 0.262. The molecule has 0 radical (unpaired) electrons. The average Bonchev–Trinajstić information content (AvgIpc) is 3.63. The number of carbonyl (C=O) groups is 1. The lowest BCUT2D eigenvalue weighted by Gasteiger charge is -2.19. The van der Waals surface area contributed by atoms with Crippen LogP contribution in [0.25, 0.3) is 22.3 Å². The van der Waals surface area contributed by atoms with Gasteiger partial charge in [-0.3, -0.25) is 14.4 Å². The van der Waals surface area contributed by atoms with Crippen molar-refractivity contribution in [3.05, 3.63) is 94.6 Å². The van der Waals surface area contributed by atoms with Gasteiger partial charge in [0.05, 0.1) is 38.7 Å². The minimum atomic E-state index is -3.62. The molecule has 10 heteroatoms. The van der Waals surface area contributed by atoms with Crippen LogP contribution < -0.4 is 9.62 Å². The first-order chi connectivity index (χ1) is 19.4. The molecular weight excluding hydrogens is 542 g/mol. The van der Waals surface area contributed by atoms with Crippen LogP contribution in [0.4, 0.5) is 10.8 Å². The van der Waals surface area contributed by atoms with Gasteiger partial charge < -0.3 is 0 Å². The molecule has 8 nitrogen and oxygen atoms in total. The zero-order valence-corrected chi connectivity index (χ0v) is 23.7. The summed E-state index contributed by atoms with van der Waals surface area (Å²) in [6.45, 7) is 4.51. The number of benzene rings is 3. The Balaban J connectivity index is 1.20. The molecule has 1 amide bonds. The third-order valence-electron chi connectivity index (χ3n) is 7.04. The molecule has 0 fully saturated rings. The molecule has 0 bridgehead atoms. The van der Waals surface area contributed by atoms with Crippen LogP contribution in [-0.4, -0.2) is 35.8 Å². The number of fused-ring (bicyclic) bond motifs is 2. The largest absolute Gasteiger partial charge is 0.298 e. The normalized spacial score (nSPS) is 13.0. The number of carbonyl (C=O) groups excluding carboxylic acids is 1. The van der Waals surface area contributed by atoms with Gasteiger partial charge in [-0.05, 0) is 67.3 Å². The number of hydrogen-bond donors (Lipinski definition) is 1. The lowest BCUT2D eigenvalue weighted by atomic mass is 10.1. The van der Waals surface area contributed by atoms with E-state index in [-0.39, 0.29) is 10.8 Å². The first-order valence-electron chi connectivity index (χ1n) is 13.1. The highest BCUT2D eigenvalue weighted by molar-refractivity contribution is 7.92. The van der Waals surface area contributed by atoms with Crippen molar-refractivity contribution < 1.29 is 13.2 Å². The molecule has 5 aromatic rings. The minimum absolute atomic E-state index is 0.266. The number of hydrogen-bond acceptors (Lipinski definition) is 7. The summed E-state index contributed by atoms with van der Waals surface area (Å²) in [4.78, 5) is 27.4. The fourth-order valence-electron chi connectivity index (χ4n) is 4.97. The molecule has 1 aliphatic rings. The van der Waals surface area contributed by atoms with Crippen molar-refractivity contribution >= 4 is 49.1 Å². The van der Waals surface area contributed by atoms with Gasteiger partial charge in [0.2, 0.25) is 0 Å². The lowest BCUT2D eigenvalue weighted by molar-refractivity contribution is 0.102. The maximum atomic E-state index is 13.2. The topological polar surface area (TPSA) is 105 Å². The monoisotopic (exact) mass is 569 g/mol. The SMILES string of the molecule is CCc1nc2ccc(C(=O)Nc3nc(-c4ccc5c(c4)CCN5S(=O)(=O)c4ccccc4)cs3)cc2nc1CC. The maximum absolute atomic E-state index is 13.2. The van der Waals surface area contributed by atoms with Gasteiger partial charge >= 0.3 is 0 Å². The second-order valence-corrected chi connectivity index (χ2v) is 12.2. The average molecular weight is 570 g/mol. The summed E-state index contributed by atoms with van der Waals surface area (Å²) in [5, 5.41) is 5.26. The van der Waals surface area contributed by atoms with E-state index in [1.54, 1.807) is 42.5 Å². The van der Waals surface area contributed by atoms with Crippen LogP contribution in [0.2, 0.25) is 0 Å². The van der Waals surface area contributed by atoms with Gasteiger partial charge in [-0.15, -0.1) is 11.3 Å². The highest BCUT2D eigenvalue weighted by Crippen LogP contribution is 2.36. The molecule has 1 N–H and O–H groups in total. The van der Waals surface area contributed by atoms with E-state index in [1.807, 2.05) is 29.6 Å². The van der Waals surface area contributed by atoms with E-state index in [0.29, 0.717) is 34.9 Å². The van der Waals surface area contributed by atoms with Gasteiger partial charge in [0.25, 0.3) is 15.9 Å². The smallest absolute Gasteiger partial charge is 0.264 e. The van der Waals surface area contributed by atoms with E-state index < -0.39 is 10.0 Å². The number of aryl methyl sites for hydroxylation is 2. The van der Waals surface area contributed by atoms with Crippen LogP contribution >= 0.6 is 11.3 Å². The first-order valence-corrected chi connectivity index (χ1v) is 15.5. The Morgan fingerprint density at radius 1 is 0.925 bits per heavy atom. The lowest BCUT2D eigenvalue weighted by Crippen LogP contribution is -2.29. The van der Waals surface area contributed by atoms with Crippen LogP contribution in [0.3, 0.4) is 0 Å². The summed E-state index contributed by atoms with van der Waals surface area (Å²) < 4.78 is 27.8. The molecule has 0 aliphatic carbocycles. The number of amides is 1. The van der Waals surface area contributed by atoms with E-state index in [2.05, 4.69) is 24.1 Å². The summed E-state index contributed by atoms with van der Waals surface area (Å²) in [7, 11) is -3.62. The Labute approximate surface area is 236 Å². The van der Waals surface area contributed by atoms with Crippen LogP contribution in [0.15, 0.2) is 77.0 Å². The molecule has 3 heterocycles. The fraction of sp³-hybridized carbons (Fsp3) is 0.200. The van der Waals surface area contributed by atoms with Gasteiger partial charge in [0, 0.05) is 23.1 Å². The van der Waals surface area contributed by atoms with Crippen molar-refractivity contribution in [2.24, 2.45) is 0 Å². The maximum Gasteiger partial charge on any atom is 0.264 e. The Morgan fingerprint density at radius 2 is 1.68 bits per heavy atom. The van der Waals surface area contributed by atoms with E-state index in [9.17, 15) is 13.2 Å². The molecular formula is C30H27N5O3S2. The predicted octanol–water partition coefficient (Wildman–Crippen LogP) is 5.88. The predicted molar refractivity (Wildman–Crippen MR) is 158 cm³/mol. The summed E-state index contributed by atoms with van der Waals surface area (Å²) in [5.41, 5.74) is 7.12. The Kier molecular flexibility index (Phi) is 6.81. The number of nitrogens with zero attached hydrogens (tertiary/aromatic N) is 4. The third kappa shape index (κ3) is 4.73. The second kappa shape index (κ2) is 10.4. The highest BCUT2D eigenvalue weighted by Gasteiger charge is 2.31. The van der Waals surface area contributed by atoms with E-state index in [4.69, 9.17) is 9.97 Å². The van der Waals surface area contributed by atoms with Crippen molar-refractivity contribution in [2.45, 2.75) is 38.0 Å². The molecule has 6 rings (SSSR count). The third-order valence-corrected chi connectivity index (χ3v) is 9.62. The van der Waals surface area contributed by atoms with Crippen molar-refractivity contribution in [2.75, 3.05) is 16.2 Å². The second-order valence-electron chi connectivity index (χ2n) is 9.50. The minimum Gasteiger partial charge on any atom is -0.298 e. The van der Waals surface area contributed by atoms with Crippen molar-refractivity contribution in [1.82, 2.24) is 15.0 Å². The molecule has 202 valence electrons. The molecule has 0 spiro atoms. The van der Waals surface area contributed by atoms with Crippen molar-refractivity contribution in [1.29, 1.82) is 0 Å². The molecule has 1 aliphatic heterocycles. The van der Waals surface area contributed by atoms with E-state index in [0.717, 1.165) is 46.6 Å². The molecule has 0 saturated carbocycles. The summed E-state index contributed by atoms with van der Waals surface area (Å²) >= 11 is 1.34. The van der Waals surface area contributed by atoms with Gasteiger partial charge in [-0.1, -0.05) is 38.1 Å². The molecule has 0 unspecified atom stereocenters. The van der Waals surface area contributed by atoms with Crippen LogP contribution in [0, 0.1) is 0 Å². The summed E-state index contributed by atoms with van der Waals surface area (Å²) in [5.74, 6) is -0.266. The van der Waals surface area contributed by atoms with Gasteiger partial charge in [0.15, 0.2) is 5.13 Å². The van der Waals surface area contributed by atoms with Crippen LogP contribution in [-0.2, 0) is 29.3 Å². The zero-order chi connectivity index (χ0) is 27.9. The first kappa shape index (κ1) is 26.1. The summed E-state index contributed by atoms with van der Waals surface area (Å²) in [6, 6.07) is 19.5. The summed E-state index contributed by atoms with van der Waals surface area (Å²) in [6.07, 6.45) is 2.22. The van der Waals surface area contributed by atoms with Gasteiger partial charge in [-0.25, -0.2) is 23.4 Å². The van der Waals surface area contributed by atoms with E-state index >= 15 is 0 Å². The number of anilines is 2. The molecule has 0 saturated heterocycles. The Morgan fingerprint density at radius 3 is 2.42 bits per heavy atom. The number of nitrogens with one attached hydrogen (secondary N) is 1. The fourth-order valence-corrected chi connectivity index (χ4v) is 7.21. The molecule has 0 atom stereocenters. The van der Waals surface area contributed by atoms with Crippen LogP contribution in [0.5, 0.6) is 0 Å². The Bertz CT molecular complexity index is 1850. The number of sulfonamides is 1. The highest BCUT2D eigenvalue weighted by atomic mass is 32.2. The van der Waals surface area contributed by atoms with Crippen molar-refractivity contribution in [3.63, 3.8) is 0 Å². The zero-order valence-electron chi connectivity index (χ0n) is 22.1. The number of rotatable bonds is 7. The van der Waals surface area contributed by atoms with Crippen LogP contribution in [0.1, 0.15) is 41.2 Å². The number of aromatic nitrogens is 3.